The molecule has 1 amide bonds. The minimum absolute atomic E-state index is 0.0603. The molecule has 3 aromatic rings. The first kappa shape index (κ1) is 16.4. The van der Waals surface area contributed by atoms with Gasteiger partial charge in [-0.25, -0.2) is 0 Å². The lowest BCUT2D eigenvalue weighted by Crippen LogP contribution is -2.12. The molecule has 1 aromatic heterocycles. The Bertz CT molecular complexity index is 901. The number of anilines is 1. The second-order valence-corrected chi connectivity index (χ2v) is 5.40. The Balaban J connectivity index is 1.68. The average molecular weight is 336 g/mol. The number of carboxylic acid groups (broad SMARTS) is 1. The van der Waals surface area contributed by atoms with E-state index in [-0.39, 0.29) is 18.7 Å². The topological polar surface area (TPSA) is 88.5 Å². The lowest BCUT2D eigenvalue weighted by molar-refractivity contribution is -0.138. The Hall–Kier alpha value is -3.41. The van der Waals surface area contributed by atoms with E-state index in [9.17, 15) is 9.59 Å². The molecule has 0 spiro atoms. The molecule has 126 valence electrons. The summed E-state index contributed by atoms with van der Waals surface area (Å²) in [4.78, 5) is 26.4. The fourth-order valence-electron chi connectivity index (χ4n) is 2.34. The molecule has 2 N–H and O–H groups in total. The monoisotopic (exact) mass is 336 g/mol. The molecule has 0 saturated carbocycles. The van der Waals surface area contributed by atoms with Gasteiger partial charge in [0.15, 0.2) is 5.75 Å². The molecule has 0 atom stereocenters. The predicted octanol–water partition coefficient (Wildman–Crippen LogP) is 3.83. The number of rotatable bonds is 6. The zero-order valence-electron chi connectivity index (χ0n) is 13.3. The second-order valence-electron chi connectivity index (χ2n) is 5.40. The van der Waals surface area contributed by atoms with Gasteiger partial charge in [0.05, 0.1) is 6.42 Å². The van der Waals surface area contributed by atoms with Crippen molar-refractivity contribution in [3.8, 4) is 11.5 Å². The van der Waals surface area contributed by atoms with E-state index in [1.807, 2.05) is 30.3 Å². The molecule has 0 bridgehead atoms. The van der Waals surface area contributed by atoms with E-state index in [1.54, 1.807) is 30.5 Å². The number of hydrogen-bond donors (Lipinski definition) is 2. The van der Waals surface area contributed by atoms with Crippen molar-refractivity contribution in [3.63, 3.8) is 0 Å². The Labute approximate surface area is 144 Å². The van der Waals surface area contributed by atoms with E-state index in [0.717, 1.165) is 10.9 Å². The molecule has 2 aromatic carbocycles. The number of aromatic nitrogens is 1. The standard InChI is InChI=1S/C19H16N2O4/c22-17(10-11-18(23)24)21-14-6-8-15(9-7-14)25-16-5-1-3-13-4-2-12-20-19(13)16/h1-9,12H,10-11H2,(H,21,22)(H,23,24). The number of carboxylic acids is 1. The van der Waals surface area contributed by atoms with Gasteiger partial charge in [0.1, 0.15) is 11.3 Å². The van der Waals surface area contributed by atoms with Crippen LogP contribution in [0.5, 0.6) is 11.5 Å². The third-order valence-electron chi connectivity index (χ3n) is 3.53. The highest BCUT2D eigenvalue weighted by Gasteiger charge is 2.07. The van der Waals surface area contributed by atoms with Crippen molar-refractivity contribution in [2.24, 2.45) is 0 Å². The van der Waals surface area contributed by atoms with Crippen LogP contribution in [0.1, 0.15) is 12.8 Å². The van der Waals surface area contributed by atoms with Crippen molar-refractivity contribution in [1.82, 2.24) is 4.98 Å². The number of nitrogens with one attached hydrogen (secondary N) is 1. The maximum Gasteiger partial charge on any atom is 0.303 e. The molecule has 0 fully saturated rings. The first-order valence-corrected chi connectivity index (χ1v) is 7.75. The Kier molecular flexibility index (Phi) is 4.89. The van der Waals surface area contributed by atoms with Crippen LogP contribution in [0.25, 0.3) is 10.9 Å². The van der Waals surface area contributed by atoms with Gasteiger partial charge in [0.25, 0.3) is 0 Å². The van der Waals surface area contributed by atoms with Crippen LogP contribution < -0.4 is 10.1 Å². The van der Waals surface area contributed by atoms with E-state index in [4.69, 9.17) is 9.84 Å². The molecule has 0 aliphatic carbocycles. The van der Waals surface area contributed by atoms with Gasteiger partial charge in [-0.15, -0.1) is 0 Å². The Morgan fingerprint density at radius 3 is 2.52 bits per heavy atom. The molecular formula is C19H16N2O4. The molecule has 1 heterocycles. The second kappa shape index (κ2) is 7.44. The molecule has 6 heteroatoms. The number of hydrogen-bond acceptors (Lipinski definition) is 4. The van der Waals surface area contributed by atoms with Crippen molar-refractivity contribution < 1.29 is 19.4 Å². The van der Waals surface area contributed by atoms with Crippen molar-refractivity contribution in [3.05, 3.63) is 60.8 Å². The number of fused-ring (bicyclic) bond motifs is 1. The first-order chi connectivity index (χ1) is 12.1. The quantitative estimate of drug-likeness (QED) is 0.714. The molecule has 0 saturated heterocycles. The van der Waals surface area contributed by atoms with E-state index in [1.165, 1.54) is 0 Å². The highest BCUT2D eigenvalue weighted by atomic mass is 16.5. The van der Waals surface area contributed by atoms with Crippen LogP contribution in [0.3, 0.4) is 0 Å². The summed E-state index contributed by atoms with van der Waals surface area (Å²) in [6, 6.07) is 16.4. The average Bonchev–Trinajstić information content (AvgIpc) is 2.62. The summed E-state index contributed by atoms with van der Waals surface area (Å²) < 4.78 is 5.88. The zero-order valence-corrected chi connectivity index (χ0v) is 13.3. The molecule has 6 nitrogen and oxygen atoms in total. The van der Waals surface area contributed by atoms with Gasteiger partial charge in [-0.05, 0) is 36.4 Å². The van der Waals surface area contributed by atoms with Crippen LogP contribution in [0.2, 0.25) is 0 Å². The lowest BCUT2D eigenvalue weighted by atomic mass is 10.2. The molecule has 0 unspecified atom stereocenters. The van der Waals surface area contributed by atoms with Gasteiger partial charge >= 0.3 is 5.97 Å². The fraction of sp³-hybridized carbons (Fsp3) is 0.105. The molecule has 0 aliphatic rings. The number of pyridine rings is 1. The van der Waals surface area contributed by atoms with Crippen LogP contribution in [0, 0.1) is 0 Å². The van der Waals surface area contributed by atoms with Crippen molar-refractivity contribution >= 4 is 28.5 Å². The number of para-hydroxylation sites is 1. The van der Waals surface area contributed by atoms with Crippen LogP contribution in [0.15, 0.2) is 60.8 Å². The third kappa shape index (κ3) is 4.32. The van der Waals surface area contributed by atoms with Gasteiger partial charge < -0.3 is 15.2 Å². The van der Waals surface area contributed by atoms with Crippen LogP contribution in [-0.4, -0.2) is 22.0 Å². The van der Waals surface area contributed by atoms with Gasteiger partial charge in [0.2, 0.25) is 5.91 Å². The van der Waals surface area contributed by atoms with Crippen LogP contribution in [-0.2, 0) is 9.59 Å². The van der Waals surface area contributed by atoms with Gasteiger partial charge in [-0.3, -0.25) is 14.6 Å². The molecular weight excluding hydrogens is 320 g/mol. The number of amides is 1. The van der Waals surface area contributed by atoms with Crippen LogP contribution >= 0.6 is 0 Å². The summed E-state index contributed by atoms with van der Waals surface area (Å²) in [6.45, 7) is 0. The summed E-state index contributed by atoms with van der Waals surface area (Å²) in [5.74, 6) is -0.0741. The first-order valence-electron chi connectivity index (χ1n) is 7.75. The number of carbonyl (C=O) groups excluding carboxylic acids is 1. The Morgan fingerprint density at radius 2 is 1.76 bits per heavy atom. The van der Waals surface area contributed by atoms with E-state index in [0.29, 0.717) is 17.2 Å². The van der Waals surface area contributed by atoms with E-state index < -0.39 is 5.97 Å². The molecule has 0 aliphatic heterocycles. The van der Waals surface area contributed by atoms with Gasteiger partial charge in [0, 0.05) is 23.7 Å². The molecule has 3 rings (SSSR count). The summed E-state index contributed by atoms with van der Waals surface area (Å²) in [6.07, 6.45) is 1.46. The summed E-state index contributed by atoms with van der Waals surface area (Å²) in [7, 11) is 0. The Morgan fingerprint density at radius 1 is 1.00 bits per heavy atom. The highest BCUT2D eigenvalue weighted by molar-refractivity contribution is 5.92. The minimum atomic E-state index is -0.998. The fourth-order valence-corrected chi connectivity index (χ4v) is 2.34. The maximum absolute atomic E-state index is 11.6. The number of benzene rings is 2. The normalized spacial score (nSPS) is 10.4. The molecule has 25 heavy (non-hydrogen) atoms. The molecule has 0 radical (unpaired) electrons. The largest absolute Gasteiger partial charge is 0.481 e. The summed E-state index contributed by atoms with van der Waals surface area (Å²) in [5.41, 5.74) is 1.36. The van der Waals surface area contributed by atoms with Crippen molar-refractivity contribution in [1.29, 1.82) is 0 Å². The van der Waals surface area contributed by atoms with Gasteiger partial charge in [-0.2, -0.15) is 0 Å². The highest BCUT2D eigenvalue weighted by Crippen LogP contribution is 2.28. The lowest BCUT2D eigenvalue weighted by Gasteiger charge is -2.09. The van der Waals surface area contributed by atoms with Crippen molar-refractivity contribution in [2.75, 3.05) is 5.32 Å². The van der Waals surface area contributed by atoms with E-state index >= 15 is 0 Å². The zero-order chi connectivity index (χ0) is 17.6. The predicted molar refractivity (Wildman–Crippen MR) is 93.8 cm³/mol. The smallest absolute Gasteiger partial charge is 0.303 e. The van der Waals surface area contributed by atoms with E-state index in [2.05, 4.69) is 10.3 Å². The maximum atomic E-state index is 11.6. The number of aliphatic carboxylic acids is 1. The van der Waals surface area contributed by atoms with Crippen LogP contribution in [0.4, 0.5) is 5.69 Å². The number of nitrogens with zero attached hydrogens (tertiary/aromatic N) is 1. The minimum Gasteiger partial charge on any atom is -0.481 e. The third-order valence-corrected chi connectivity index (χ3v) is 3.53. The van der Waals surface area contributed by atoms with Gasteiger partial charge in [-0.1, -0.05) is 18.2 Å². The number of carbonyl (C=O) groups is 2. The number of ether oxygens (including phenoxy) is 1. The summed E-state index contributed by atoms with van der Waals surface area (Å²) >= 11 is 0. The summed E-state index contributed by atoms with van der Waals surface area (Å²) in [5, 5.41) is 12.2. The van der Waals surface area contributed by atoms with Crippen molar-refractivity contribution in [2.45, 2.75) is 12.8 Å². The SMILES string of the molecule is O=C(O)CCC(=O)Nc1ccc(Oc2cccc3cccnc23)cc1.